The Morgan fingerprint density at radius 2 is 1.67 bits per heavy atom. The minimum atomic E-state index is -0.234. The Balaban J connectivity index is 1.61. The smallest absolute Gasteiger partial charge is 0.223 e. The number of benzene rings is 2. The Bertz CT molecular complexity index is 806. The lowest BCUT2D eigenvalue weighted by atomic mass is 9.82. The number of amides is 2. The zero-order valence-electron chi connectivity index (χ0n) is 18.1. The second-order valence-electron chi connectivity index (χ2n) is 8.78. The molecule has 1 aliphatic rings. The number of hydrogen-bond donors (Lipinski definition) is 2. The van der Waals surface area contributed by atoms with E-state index in [1.807, 2.05) is 67.6 Å². The van der Waals surface area contributed by atoms with Gasteiger partial charge in [0, 0.05) is 18.4 Å². The first kappa shape index (κ1) is 22.1. The van der Waals surface area contributed by atoms with E-state index < -0.39 is 0 Å². The summed E-state index contributed by atoms with van der Waals surface area (Å²) in [7, 11) is 0. The molecule has 2 aromatic carbocycles. The van der Waals surface area contributed by atoms with Gasteiger partial charge in [-0.05, 0) is 36.3 Å². The summed E-state index contributed by atoms with van der Waals surface area (Å²) in [5.41, 5.74) is 2.16. The van der Waals surface area contributed by atoms with Crippen LogP contribution in [-0.4, -0.2) is 18.4 Å². The van der Waals surface area contributed by atoms with Crippen molar-refractivity contribution in [3.8, 4) is 0 Å². The molecule has 4 atom stereocenters. The summed E-state index contributed by atoms with van der Waals surface area (Å²) >= 11 is 0. The SMILES string of the molecule is C[C@@H]1CCC[C@H](C(=O)NC[C@@H](NC(=O)[C@H](C)Cc2ccccc2)c2ccccc2)C1. The number of carbonyl (C=O) groups is 2. The minimum absolute atomic E-state index is 0.00763. The molecule has 2 amide bonds. The van der Waals surface area contributed by atoms with E-state index >= 15 is 0 Å². The van der Waals surface area contributed by atoms with Crippen molar-refractivity contribution in [3.63, 3.8) is 0 Å². The summed E-state index contributed by atoms with van der Waals surface area (Å²) < 4.78 is 0. The molecule has 30 heavy (non-hydrogen) atoms. The molecule has 1 aliphatic carbocycles. The zero-order valence-corrected chi connectivity index (χ0v) is 18.1. The molecule has 0 spiro atoms. The van der Waals surface area contributed by atoms with Crippen molar-refractivity contribution in [2.45, 2.75) is 52.0 Å². The molecule has 3 rings (SSSR count). The third-order valence-corrected chi connectivity index (χ3v) is 6.14. The van der Waals surface area contributed by atoms with Crippen LogP contribution >= 0.6 is 0 Å². The maximum atomic E-state index is 12.9. The van der Waals surface area contributed by atoms with Crippen LogP contribution < -0.4 is 10.6 Å². The Hall–Kier alpha value is -2.62. The lowest BCUT2D eigenvalue weighted by Crippen LogP contribution is -2.42. The third kappa shape index (κ3) is 6.45. The zero-order chi connectivity index (χ0) is 21.3. The summed E-state index contributed by atoms with van der Waals surface area (Å²) in [4.78, 5) is 25.6. The van der Waals surface area contributed by atoms with Crippen LogP contribution in [0.25, 0.3) is 0 Å². The van der Waals surface area contributed by atoms with E-state index in [4.69, 9.17) is 0 Å². The van der Waals surface area contributed by atoms with E-state index in [-0.39, 0.29) is 29.7 Å². The van der Waals surface area contributed by atoms with Gasteiger partial charge in [-0.2, -0.15) is 0 Å². The summed E-state index contributed by atoms with van der Waals surface area (Å²) in [6, 6.07) is 19.7. The van der Waals surface area contributed by atoms with Crippen LogP contribution in [0.1, 0.15) is 56.7 Å². The molecule has 1 saturated carbocycles. The first-order chi connectivity index (χ1) is 14.5. The highest BCUT2D eigenvalue weighted by atomic mass is 16.2. The van der Waals surface area contributed by atoms with Crippen LogP contribution in [0.15, 0.2) is 60.7 Å². The van der Waals surface area contributed by atoms with Crippen LogP contribution in [0.3, 0.4) is 0 Å². The van der Waals surface area contributed by atoms with Gasteiger partial charge in [0.2, 0.25) is 11.8 Å². The van der Waals surface area contributed by atoms with Crippen molar-refractivity contribution >= 4 is 11.8 Å². The Morgan fingerprint density at radius 3 is 2.33 bits per heavy atom. The van der Waals surface area contributed by atoms with Gasteiger partial charge in [0.25, 0.3) is 0 Å². The maximum Gasteiger partial charge on any atom is 0.223 e. The molecule has 0 radical (unpaired) electrons. The van der Waals surface area contributed by atoms with Crippen molar-refractivity contribution in [2.24, 2.45) is 17.8 Å². The molecule has 1 fully saturated rings. The highest BCUT2D eigenvalue weighted by Gasteiger charge is 2.26. The number of nitrogens with one attached hydrogen (secondary N) is 2. The van der Waals surface area contributed by atoms with Gasteiger partial charge < -0.3 is 10.6 Å². The largest absolute Gasteiger partial charge is 0.353 e. The molecule has 2 N–H and O–H groups in total. The van der Waals surface area contributed by atoms with E-state index in [2.05, 4.69) is 17.6 Å². The fourth-order valence-corrected chi connectivity index (χ4v) is 4.33. The predicted octanol–water partition coefficient (Wildman–Crippen LogP) is 4.67. The standard InChI is InChI=1S/C26H34N2O2/c1-19-10-9-15-23(16-19)26(30)27-18-24(22-13-7-4-8-14-22)28-25(29)20(2)17-21-11-5-3-6-12-21/h3-8,11-14,19-20,23-24H,9-10,15-18H2,1-2H3,(H,27,30)(H,28,29)/t19-,20-,23+,24-/m1/s1. The number of rotatable bonds is 8. The maximum absolute atomic E-state index is 12.9. The molecular weight excluding hydrogens is 372 g/mol. The van der Waals surface area contributed by atoms with Crippen molar-refractivity contribution in [3.05, 3.63) is 71.8 Å². The average molecular weight is 407 g/mol. The highest BCUT2D eigenvalue weighted by Crippen LogP contribution is 2.28. The summed E-state index contributed by atoms with van der Waals surface area (Å²) in [6.07, 6.45) is 4.95. The molecule has 2 aromatic rings. The third-order valence-electron chi connectivity index (χ3n) is 6.14. The van der Waals surface area contributed by atoms with Crippen molar-refractivity contribution in [2.75, 3.05) is 6.54 Å². The van der Waals surface area contributed by atoms with Crippen molar-refractivity contribution in [1.29, 1.82) is 0 Å². The van der Waals surface area contributed by atoms with Crippen LogP contribution in [0.2, 0.25) is 0 Å². The van der Waals surface area contributed by atoms with Crippen molar-refractivity contribution in [1.82, 2.24) is 10.6 Å². The van der Waals surface area contributed by atoms with Gasteiger partial charge in [-0.15, -0.1) is 0 Å². The fourth-order valence-electron chi connectivity index (χ4n) is 4.33. The molecule has 160 valence electrons. The molecule has 4 heteroatoms. The summed E-state index contributed by atoms with van der Waals surface area (Å²) in [5, 5.41) is 6.28. The molecule has 0 aliphatic heterocycles. The molecule has 4 nitrogen and oxygen atoms in total. The van der Waals surface area contributed by atoms with Gasteiger partial charge in [-0.3, -0.25) is 9.59 Å². The average Bonchev–Trinajstić information content (AvgIpc) is 2.77. The second kappa shape index (κ2) is 11.0. The van der Waals surface area contributed by atoms with Gasteiger partial charge in [-0.1, -0.05) is 87.4 Å². The lowest BCUT2D eigenvalue weighted by molar-refractivity contribution is -0.128. The van der Waals surface area contributed by atoms with E-state index in [1.165, 1.54) is 6.42 Å². The topological polar surface area (TPSA) is 58.2 Å². The second-order valence-corrected chi connectivity index (χ2v) is 8.78. The van der Waals surface area contributed by atoms with Crippen LogP contribution in [-0.2, 0) is 16.0 Å². The van der Waals surface area contributed by atoms with Crippen LogP contribution in [0.5, 0.6) is 0 Å². The quantitative estimate of drug-likeness (QED) is 0.670. The first-order valence-corrected chi connectivity index (χ1v) is 11.2. The van der Waals surface area contributed by atoms with E-state index in [0.717, 1.165) is 30.4 Å². The predicted molar refractivity (Wildman–Crippen MR) is 121 cm³/mol. The Kier molecular flexibility index (Phi) is 8.06. The molecule has 0 saturated heterocycles. The van der Waals surface area contributed by atoms with Gasteiger partial charge in [0.05, 0.1) is 6.04 Å². The number of carbonyl (C=O) groups excluding carboxylic acids is 2. The van der Waals surface area contributed by atoms with Crippen molar-refractivity contribution < 1.29 is 9.59 Å². The van der Waals surface area contributed by atoms with E-state index in [1.54, 1.807) is 0 Å². The molecule has 0 unspecified atom stereocenters. The monoisotopic (exact) mass is 406 g/mol. The molecule has 0 aromatic heterocycles. The molecule has 0 bridgehead atoms. The highest BCUT2D eigenvalue weighted by molar-refractivity contribution is 5.80. The Labute approximate surface area is 180 Å². The van der Waals surface area contributed by atoms with Gasteiger partial charge >= 0.3 is 0 Å². The normalized spacial score (nSPS) is 20.7. The summed E-state index contributed by atoms with van der Waals surface area (Å²) in [5.74, 6) is 0.687. The van der Waals surface area contributed by atoms with Gasteiger partial charge in [0.15, 0.2) is 0 Å². The molecular formula is C26H34N2O2. The number of hydrogen-bond acceptors (Lipinski definition) is 2. The van der Waals surface area contributed by atoms with Crippen LogP contribution in [0.4, 0.5) is 0 Å². The molecule has 0 heterocycles. The fraction of sp³-hybridized carbons (Fsp3) is 0.462. The van der Waals surface area contributed by atoms with Gasteiger partial charge in [0.1, 0.15) is 0 Å². The van der Waals surface area contributed by atoms with E-state index in [9.17, 15) is 9.59 Å². The summed E-state index contributed by atoms with van der Waals surface area (Å²) in [6.45, 7) is 4.59. The van der Waals surface area contributed by atoms with Crippen LogP contribution in [0, 0.1) is 17.8 Å². The minimum Gasteiger partial charge on any atom is -0.353 e. The van der Waals surface area contributed by atoms with Gasteiger partial charge in [-0.25, -0.2) is 0 Å². The lowest BCUT2D eigenvalue weighted by Gasteiger charge is -2.27. The first-order valence-electron chi connectivity index (χ1n) is 11.2. The Morgan fingerprint density at radius 1 is 1.00 bits per heavy atom. The van der Waals surface area contributed by atoms with E-state index in [0.29, 0.717) is 18.9 Å².